The van der Waals surface area contributed by atoms with Gasteiger partial charge in [-0.05, 0) is 36.2 Å². The molecule has 2 aliphatic rings. The van der Waals surface area contributed by atoms with Gasteiger partial charge in [-0.15, -0.1) is 0 Å². The zero-order valence-corrected chi connectivity index (χ0v) is 10.2. The van der Waals surface area contributed by atoms with Crippen LogP contribution >= 0.6 is 0 Å². The number of rotatable bonds is 2. The van der Waals surface area contributed by atoms with E-state index in [9.17, 15) is 0 Å². The zero-order valence-electron chi connectivity index (χ0n) is 10.2. The number of hydrogen-bond acceptors (Lipinski definition) is 3. The van der Waals surface area contributed by atoms with Gasteiger partial charge < -0.3 is 4.90 Å². The third-order valence-corrected chi connectivity index (χ3v) is 4.08. The third kappa shape index (κ3) is 1.49. The molecule has 0 bridgehead atoms. The molecule has 1 saturated carbocycles. The first-order valence-electron chi connectivity index (χ1n) is 6.20. The van der Waals surface area contributed by atoms with Crippen molar-refractivity contribution in [3.63, 3.8) is 0 Å². The third-order valence-electron chi connectivity index (χ3n) is 4.08. The highest BCUT2D eigenvalue weighted by atomic mass is 15.3. The van der Waals surface area contributed by atoms with Crippen molar-refractivity contribution in [1.82, 2.24) is 9.97 Å². The van der Waals surface area contributed by atoms with Gasteiger partial charge in [0.05, 0.1) is 0 Å². The van der Waals surface area contributed by atoms with Crippen LogP contribution in [-0.4, -0.2) is 23.1 Å². The van der Waals surface area contributed by atoms with Crippen LogP contribution in [0.1, 0.15) is 19.4 Å². The average molecular weight is 217 g/mol. The Kier molecular flexibility index (Phi) is 2.16. The molecule has 86 valence electrons. The minimum atomic E-state index is 0.844. The van der Waals surface area contributed by atoms with Crippen molar-refractivity contribution in [1.29, 1.82) is 0 Å². The summed E-state index contributed by atoms with van der Waals surface area (Å²) in [5.74, 6) is 4.54. The highest BCUT2D eigenvalue weighted by Gasteiger charge is 2.56. The molecule has 1 aromatic rings. The molecular weight excluding hydrogens is 198 g/mol. The Balaban J connectivity index is 1.67. The van der Waals surface area contributed by atoms with E-state index in [2.05, 4.69) is 28.7 Å². The first-order chi connectivity index (χ1) is 7.66. The molecular formula is C13H19N3. The van der Waals surface area contributed by atoms with E-state index in [0.717, 1.165) is 48.3 Å². The lowest BCUT2D eigenvalue weighted by Crippen LogP contribution is -2.26. The summed E-state index contributed by atoms with van der Waals surface area (Å²) in [5.41, 5.74) is 1.13. The van der Waals surface area contributed by atoms with Gasteiger partial charge in [0, 0.05) is 25.5 Å². The molecule has 2 unspecified atom stereocenters. The molecule has 3 rings (SSSR count). The topological polar surface area (TPSA) is 29.0 Å². The van der Waals surface area contributed by atoms with Crippen LogP contribution in [0, 0.1) is 30.6 Å². The van der Waals surface area contributed by atoms with Crippen LogP contribution in [0.25, 0.3) is 0 Å². The summed E-state index contributed by atoms with van der Waals surface area (Å²) in [5, 5.41) is 0. The van der Waals surface area contributed by atoms with Crippen LogP contribution < -0.4 is 4.90 Å². The van der Waals surface area contributed by atoms with Crippen LogP contribution in [0.15, 0.2) is 12.4 Å². The summed E-state index contributed by atoms with van der Waals surface area (Å²) >= 11 is 0. The van der Waals surface area contributed by atoms with Gasteiger partial charge in [-0.25, -0.2) is 9.97 Å². The van der Waals surface area contributed by atoms with Gasteiger partial charge in [-0.2, -0.15) is 0 Å². The molecule has 0 aromatic carbocycles. The Morgan fingerprint density at radius 2 is 1.75 bits per heavy atom. The van der Waals surface area contributed by atoms with Crippen LogP contribution in [-0.2, 0) is 0 Å². The lowest BCUT2D eigenvalue weighted by molar-refractivity contribution is 0.478. The highest BCUT2D eigenvalue weighted by Crippen LogP contribution is 2.55. The molecule has 2 fully saturated rings. The molecule has 1 aromatic heterocycles. The van der Waals surface area contributed by atoms with Crippen molar-refractivity contribution >= 4 is 5.95 Å². The summed E-state index contributed by atoms with van der Waals surface area (Å²) in [6, 6.07) is 0. The predicted molar refractivity (Wildman–Crippen MR) is 64.3 cm³/mol. The molecule has 3 heteroatoms. The maximum Gasteiger partial charge on any atom is 0.225 e. The largest absolute Gasteiger partial charge is 0.340 e. The molecule has 2 atom stereocenters. The van der Waals surface area contributed by atoms with Gasteiger partial charge in [0.2, 0.25) is 5.95 Å². The Bertz CT molecular complexity index is 373. The number of anilines is 1. The summed E-state index contributed by atoms with van der Waals surface area (Å²) in [6.45, 7) is 9.04. The van der Waals surface area contributed by atoms with Gasteiger partial charge in [-0.1, -0.05) is 13.8 Å². The number of hydrogen-bond donors (Lipinski definition) is 0. The van der Waals surface area contributed by atoms with E-state index in [0.29, 0.717) is 0 Å². The van der Waals surface area contributed by atoms with Crippen molar-refractivity contribution < 1.29 is 0 Å². The molecule has 3 nitrogen and oxygen atoms in total. The molecule has 0 amide bonds. The molecule has 0 radical (unpaired) electrons. The van der Waals surface area contributed by atoms with Crippen LogP contribution in [0.5, 0.6) is 0 Å². The number of aryl methyl sites for hydroxylation is 1. The van der Waals surface area contributed by atoms with Gasteiger partial charge in [0.25, 0.3) is 0 Å². The maximum absolute atomic E-state index is 4.40. The van der Waals surface area contributed by atoms with Gasteiger partial charge >= 0.3 is 0 Å². The number of piperidine rings is 1. The first-order valence-corrected chi connectivity index (χ1v) is 6.20. The van der Waals surface area contributed by atoms with Crippen molar-refractivity contribution in [3.05, 3.63) is 18.0 Å². The van der Waals surface area contributed by atoms with Crippen LogP contribution in [0.4, 0.5) is 5.95 Å². The van der Waals surface area contributed by atoms with Crippen molar-refractivity contribution in [2.75, 3.05) is 18.0 Å². The monoisotopic (exact) mass is 217 g/mol. The van der Waals surface area contributed by atoms with E-state index in [-0.39, 0.29) is 0 Å². The number of nitrogens with zero attached hydrogens (tertiary/aromatic N) is 3. The van der Waals surface area contributed by atoms with Crippen molar-refractivity contribution in [3.8, 4) is 0 Å². The summed E-state index contributed by atoms with van der Waals surface area (Å²) in [6.07, 6.45) is 3.82. The number of fused-ring (bicyclic) bond motifs is 1. The second-order valence-electron chi connectivity index (χ2n) is 5.61. The fourth-order valence-corrected chi connectivity index (χ4v) is 3.27. The second-order valence-corrected chi connectivity index (χ2v) is 5.61. The Hall–Kier alpha value is -1.12. The summed E-state index contributed by atoms with van der Waals surface area (Å²) in [4.78, 5) is 11.1. The van der Waals surface area contributed by atoms with E-state index in [1.807, 2.05) is 19.3 Å². The van der Waals surface area contributed by atoms with Crippen molar-refractivity contribution in [2.24, 2.45) is 23.7 Å². The van der Waals surface area contributed by atoms with Gasteiger partial charge in [0.15, 0.2) is 0 Å². The second kappa shape index (κ2) is 3.44. The maximum atomic E-state index is 4.40. The van der Waals surface area contributed by atoms with Crippen LogP contribution in [0.2, 0.25) is 0 Å². The molecule has 16 heavy (non-hydrogen) atoms. The standard InChI is InChI=1S/C13H19N3/c1-8(2)12-10-6-16(7-11(10)12)13-14-4-9(3)5-15-13/h4-5,8,10-12H,6-7H2,1-3H3. The van der Waals surface area contributed by atoms with E-state index in [1.165, 1.54) is 0 Å². The minimum absolute atomic E-state index is 0.844. The average Bonchev–Trinajstić information content (AvgIpc) is 2.77. The fourth-order valence-electron chi connectivity index (χ4n) is 3.27. The Labute approximate surface area is 96.9 Å². The molecule has 0 spiro atoms. The molecule has 1 aliphatic carbocycles. The van der Waals surface area contributed by atoms with E-state index in [1.54, 1.807) is 0 Å². The quantitative estimate of drug-likeness (QED) is 0.760. The highest BCUT2D eigenvalue weighted by molar-refractivity contribution is 5.35. The lowest BCUT2D eigenvalue weighted by Gasteiger charge is -2.20. The summed E-state index contributed by atoms with van der Waals surface area (Å²) in [7, 11) is 0. The van der Waals surface area contributed by atoms with Gasteiger partial charge in [-0.3, -0.25) is 0 Å². The Morgan fingerprint density at radius 1 is 1.19 bits per heavy atom. The van der Waals surface area contributed by atoms with Crippen molar-refractivity contribution in [2.45, 2.75) is 20.8 Å². The van der Waals surface area contributed by atoms with E-state index < -0.39 is 0 Å². The predicted octanol–water partition coefficient (Wildman–Crippen LogP) is 2.12. The fraction of sp³-hybridized carbons (Fsp3) is 0.692. The molecule has 1 aliphatic heterocycles. The zero-order chi connectivity index (χ0) is 11.3. The molecule has 2 heterocycles. The summed E-state index contributed by atoms with van der Waals surface area (Å²) < 4.78 is 0. The smallest absolute Gasteiger partial charge is 0.225 e. The Morgan fingerprint density at radius 3 is 2.25 bits per heavy atom. The van der Waals surface area contributed by atoms with Gasteiger partial charge in [0.1, 0.15) is 0 Å². The minimum Gasteiger partial charge on any atom is -0.340 e. The van der Waals surface area contributed by atoms with E-state index in [4.69, 9.17) is 0 Å². The van der Waals surface area contributed by atoms with E-state index >= 15 is 0 Å². The lowest BCUT2D eigenvalue weighted by atomic mass is 10.1. The first kappa shape index (κ1) is 10.1. The molecule has 0 N–H and O–H groups in total. The molecule has 1 saturated heterocycles. The van der Waals surface area contributed by atoms with Crippen LogP contribution in [0.3, 0.4) is 0 Å². The number of aromatic nitrogens is 2. The SMILES string of the molecule is Cc1cnc(N2CC3C(C2)C3C(C)C)nc1. The normalized spacial score (nSPS) is 32.0.